The Kier molecular flexibility index (Phi) is 4.93. The average Bonchev–Trinajstić information content (AvgIpc) is 3.12. The fourth-order valence-corrected chi connectivity index (χ4v) is 3.17. The molecule has 140 valence electrons. The Bertz CT molecular complexity index is 727. The summed E-state index contributed by atoms with van der Waals surface area (Å²) in [6.45, 7) is 13.7. The number of benzene rings is 1. The van der Waals surface area contributed by atoms with E-state index in [-0.39, 0.29) is 17.2 Å². The summed E-state index contributed by atoms with van der Waals surface area (Å²) < 4.78 is 12.3. The van der Waals surface area contributed by atoms with E-state index in [1.807, 2.05) is 57.7 Å². The lowest BCUT2D eigenvalue weighted by Crippen LogP contribution is -2.41. The van der Waals surface area contributed by atoms with E-state index >= 15 is 0 Å². The molecule has 0 aromatic heterocycles. The Balaban J connectivity index is 1.74. The van der Waals surface area contributed by atoms with E-state index in [2.05, 4.69) is 18.3 Å². The first-order valence-electron chi connectivity index (χ1n) is 9.33. The number of carbonyl (C=O) groups is 1. The molecule has 2 amide bonds. The molecule has 1 N–H and O–H groups in total. The van der Waals surface area contributed by atoms with Gasteiger partial charge in [-0.05, 0) is 58.6 Å². The number of urea groups is 1. The van der Waals surface area contributed by atoms with Gasteiger partial charge in [0.25, 0.3) is 0 Å². The molecule has 0 bridgehead atoms. The molecule has 3 rings (SSSR count). The number of hydrogen-bond donors (Lipinski definition) is 1. The molecule has 1 aromatic carbocycles. The summed E-state index contributed by atoms with van der Waals surface area (Å²) >= 11 is 0. The third kappa shape index (κ3) is 3.53. The third-order valence-corrected chi connectivity index (χ3v) is 5.77. The van der Waals surface area contributed by atoms with Crippen LogP contribution < -0.4 is 10.8 Å². The van der Waals surface area contributed by atoms with Crippen molar-refractivity contribution < 1.29 is 14.1 Å². The van der Waals surface area contributed by atoms with Gasteiger partial charge in [0, 0.05) is 18.8 Å². The van der Waals surface area contributed by atoms with Crippen LogP contribution in [-0.4, -0.2) is 42.3 Å². The Morgan fingerprint density at radius 3 is 2.46 bits per heavy atom. The highest BCUT2D eigenvalue weighted by Gasteiger charge is 2.52. The van der Waals surface area contributed by atoms with Crippen LogP contribution in [0, 0.1) is 6.92 Å². The van der Waals surface area contributed by atoms with Crippen molar-refractivity contribution in [3.63, 3.8) is 0 Å². The molecule has 26 heavy (non-hydrogen) atoms. The van der Waals surface area contributed by atoms with E-state index in [1.54, 1.807) is 0 Å². The van der Waals surface area contributed by atoms with E-state index in [9.17, 15) is 4.79 Å². The molecule has 2 heterocycles. The second-order valence-electron chi connectivity index (χ2n) is 8.19. The van der Waals surface area contributed by atoms with Crippen LogP contribution in [0.3, 0.4) is 0 Å². The van der Waals surface area contributed by atoms with Gasteiger partial charge in [-0.2, -0.15) is 0 Å². The Labute approximate surface area is 156 Å². The highest BCUT2D eigenvalue weighted by atomic mass is 16.7. The molecule has 0 radical (unpaired) electrons. The van der Waals surface area contributed by atoms with E-state index in [4.69, 9.17) is 9.31 Å². The fraction of sp³-hybridized carbons (Fsp3) is 0.550. The Morgan fingerprint density at radius 2 is 1.88 bits per heavy atom. The monoisotopic (exact) mass is 356 g/mol. The van der Waals surface area contributed by atoms with Gasteiger partial charge in [0.15, 0.2) is 0 Å². The summed E-state index contributed by atoms with van der Waals surface area (Å²) in [5, 5.41) is 3.00. The van der Waals surface area contributed by atoms with Gasteiger partial charge in [-0.25, -0.2) is 4.79 Å². The molecule has 2 aliphatic heterocycles. The maximum atomic E-state index is 12.5. The van der Waals surface area contributed by atoms with Crippen molar-refractivity contribution in [2.45, 2.75) is 59.2 Å². The van der Waals surface area contributed by atoms with Crippen LogP contribution in [0.4, 0.5) is 10.5 Å². The normalized spacial score (nSPS) is 21.1. The summed E-state index contributed by atoms with van der Waals surface area (Å²) in [4.78, 5) is 14.3. The van der Waals surface area contributed by atoms with Gasteiger partial charge in [-0.15, -0.1) is 0 Å². The summed E-state index contributed by atoms with van der Waals surface area (Å²) in [6, 6.07) is 5.80. The summed E-state index contributed by atoms with van der Waals surface area (Å²) in [7, 11) is -0.433. The van der Waals surface area contributed by atoms with Crippen LogP contribution in [0.25, 0.3) is 0 Å². The molecule has 1 aromatic rings. The number of nitrogens with zero attached hydrogens (tertiary/aromatic N) is 1. The van der Waals surface area contributed by atoms with E-state index < -0.39 is 7.12 Å². The van der Waals surface area contributed by atoms with Crippen LogP contribution in [0.5, 0.6) is 0 Å². The van der Waals surface area contributed by atoms with Crippen molar-refractivity contribution >= 4 is 24.3 Å². The van der Waals surface area contributed by atoms with E-state index in [0.29, 0.717) is 13.1 Å². The van der Waals surface area contributed by atoms with Crippen molar-refractivity contribution in [2.75, 3.05) is 18.4 Å². The molecule has 5 nitrogen and oxygen atoms in total. The molecule has 0 unspecified atom stereocenters. The number of anilines is 1. The van der Waals surface area contributed by atoms with Crippen molar-refractivity contribution in [1.82, 2.24) is 4.90 Å². The van der Waals surface area contributed by atoms with Gasteiger partial charge in [0.05, 0.1) is 11.2 Å². The quantitative estimate of drug-likeness (QED) is 0.666. The largest absolute Gasteiger partial charge is 0.495 e. The predicted octanol–water partition coefficient (Wildman–Crippen LogP) is 3.48. The molecule has 0 spiro atoms. The van der Waals surface area contributed by atoms with Crippen LogP contribution in [0.2, 0.25) is 0 Å². The van der Waals surface area contributed by atoms with Gasteiger partial charge in [-0.1, -0.05) is 30.2 Å². The highest BCUT2D eigenvalue weighted by Crippen LogP contribution is 2.36. The van der Waals surface area contributed by atoms with Gasteiger partial charge in [0.1, 0.15) is 0 Å². The van der Waals surface area contributed by atoms with Crippen LogP contribution in [0.1, 0.15) is 46.6 Å². The molecular weight excluding hydrogens is 327 g/mol. The maximum Gasteiger partial charge on any atom is 0.495 e. The zero-order valence-electron chi connectivity index (χ0n) is 16.7. The minimum Gasteiger partial charge on any atom is -0.399 e. The lowest BCUT2D eigenvalue weighted by molar-refractivity contribution is 0.00578. The van der Waals surface area contributed by atoms with Crippen molar-refractivity contribution in [1.29, 1.82) is 0 Å². The minimum absolute atomic E-state index is 0.0755. The maximum absolute atomic E-state index is 12.5. The first-order chi connectivity index (χ1) is 12.1. The van der Waals surface area contributed by atoms with Crippen LogP contribution in [-0.2, 0) is 9.31 Å². The van der Waals surface area contributed by atoms with Crippen molar-refractivity contribution in [2.24, 2.45) is 0 Å². The molecule has 0 saturated carbocycles. The Morgan fingerprint density at radius 1 is 1.23 bits per heavy atom. The SMILES string of the molecule is CCC1=CCN(C(=O)Nc2ccc(C)c(B3OC(C)(C)C(C)(C)O3)c2)C1. The highest BCUT2D eigenvalue weighted by molar-refractivity contribution is 6.62. The molecule has 1 fully saturated rings. The molecule has 2 aliphatic rings. The number of aryl methyl sites for hydroxylation is 1. The smallest absolute Gasteiger partial charge is 0.399 e. The Hall–Kier alpha value is -1.79. The number of amides is 2. The second-order valence-corrected chi connectivity index (χ2v) is 8.19. The van der Waals surface area contributed by atoms with E-state index in [1.165, 1.54) is 5.57 Å². The standard InChI is InChI=1S/C20H29BN2O3/c1-7-15-10-11-23(13-15)18(24)22-16-9-8-14(2)17(12-16)21-25-19(3,4)20(5,6)26-21/h8-10,12H,7,11,13H2,1-6H3,(H,22,24). The van der Waals surface area contributed by atoms with Gasteiger partial charge < -0.3 is 19.5 Å². The van der Waals surface area contributed by atoms with Gasteiger partial charge in [0.2, 0.25) is 0 Å². The zero-order chi connectivity index (χ0) is 19.1. The number of carbonyl (C=O) groups excluding carboxylic acids is 1. The molecule has 0 atom stereocenters. The predicted molar refractivity (Wildman–Crippen MR) is 106 cm³/mol. The van der Waals surface area contributed by atoms with Gasteiger partial charge in [-0.3, -0.25) is 0 Å². The first-order valence-corrected chi connectivity index (χ1v) is 9.33. The fourth-order valence-electron chi connectivity index (χ4n) is 3.17. The summed E-state index contributed by atoms with van der Waals surface area (Å²) in [5.41, 5.74) is 3.33. The van der Waals surface area contributed by atoms with Gasteiger partial charge >= 0.3 is 13.1 Å². The number of rotatable bonds is 3. The first kappa shape index (κ1) is 19.0. The van der Waals surface area contributed by atoms with E-state index in [0.717, 1.165) is 23.1 Å². The second kappa shape index (κ2) is 6.74. The zero-order valence-corrected chi connectivity index (χ0v) is 16.7. The number of nitrogens with one attached hydrogen (secondary N) is 1. The molecule has 6 heteroatoms. The lowest BCUT2D eigenvalue weighted by atomic mass is 9.76. The molecule has 1 saturated heterocycles. The lowest BCUT2D eigenvalue weighted by Gasteiger charge is -2.32. The van der Waals surface area contributed by atoms with Crippen molar-refractivity contribution in [3.05, 3.63) is 35.4 Å². The topological polar surface area (TPSA) is 50.8 Å². The molecule has 0 aliphatic carbocycles. The third-order valence-electron chi connectivity index (χ3n) is 5.77. The van der Waals surface area contributed by atoms with Crippen LogP contribution in [0.15, 0.2) is 29.8 Å². The van der Waals surface area contributed by atoms with Crippen molar-refractivity contribution in [3.8, 4) is 0 Å². The summed E-state index contributed by atoms with van der Waals surface area (Å²) in [6.07, 6.45) is 3.12. The number of hydrogen-bond acceptors (Lipinski definition) is 3. The summed E-state index contributed by atoms with van der Waals surface area (Å²) in [5.74, 6) is 0. The van der Waals surface area contributed by atoms with Crippen LogP contribution >= 0.6 is 0 Å². The minimum atomic E-state index is -0.433. The molecular formula is C20H29BN2O3. The average molecular weight is 356 g/mol.